The molecule has 0 spiro atoms. The van der Waals surface area contributed by atoms with Crippen LogP contribution in [0.1, 0.15) is 6.42 Å². The van der Waals surface area contributed by atoms with E-state index < -0.39 is 0 Å². The molecule has 0 aromatic heterocycles. The van der Waals surface area contributed by atoms with Crippen molar-refractivity contribution in [3.63, 3.8) is 0 Å². The number of ether oxygens (including phenoxy) is 1. The Hall–Kier alpha value is -0.990. The predicted molar refractivity (Wildman–Crippen MR) is 40.8 cm³/mol. The molecule has 0 saturated heterocycles. The highest BCUT2D eigenvalue weighted by Gasteiger charge is 2.03. The zero-order valence-corrected chi connectivity index (χ0v) is 5.99. The Bertz CT molecular complexity index is 134. The highest BCUT2D eigenvalue weighted by molar-refractivity contribution is 5.58. The molecule has 0 atom stereocenters. The number of nitrogens with zero attached hydrogens (tertiary/aromatic N) is 2. The summed E-state index contributed by atoms with van der Waals surface area (Å²) in [5.41, 5.74) is 0. The summed E-state index contributed by atoms with van der Waals surface area (Å²) in [6.07, 6.45) is 4.45. The van der Waals surface area contributed by atoms with Crippen molar-refractivity contribution >= 4 is 6.21 Å². The molecule has 3 nitrogen and oxygen atoms in total. The zero-order chi connectivity index (χ0) is 7.23. The normalized spacial score (nSPS) is 15.8. The molecule has 3 heteroatoms. The Balaban J connectivity index is 2.02. The van der Waals surface area contributed by atoms with E-state index in [-0.39, 0.29) is 0 Å². The fourth-order valence-electron chi connectivity index (χ4n) is 0.849. The van der Waals surface area contributed by atoms with Gasteiger partial charge in [0.25, 0.3) is 0 Å². The van der Waals surface area contributed by atoms with E-state index in [0.29, 0.717) is 6.61 Å². The first-order valence-electron chi connectivity index (χ1n) is 3.43. The van der Waals surface area contributed by atoms with Crippen molar-refractivity contribution in [2.75, 3.05) is 19.7 Å². The molecule has 0 aliphatic carbocycles. The Labute approximate surface area is 61.0 Å². The van der Waals surface area contributed by atoms with Gasteiger partial charge >= 0.3 is 0 Å². The maximum atomic E-state index is 4.94. The summed E-state index contributed by atoms with van der Waals surface area (Å²) in [5.74, 6) is 0. The lowest BCUT2D eigenvalue weighted by Gasteiger charge is -2.11. The van der Waals surface area contributed by atoms with Crippen LogP contribution in [-0.4, -0.2) is 30.9 Å². The van der Waals surface area contributed by atoms with Gasteiger partial charge in [-0.1, -0.05) is 6.58 Å². The van der Waals surface area contributed by atoms with E-state index in [0.717, 1.165) is 19.5 Å². The molecule has 0 unspecified atom stereocenters. The summed E-state index contributed by atoms with van der Waals surface area (Å²) >= 11 is 0. The topological polar surface area (TPSA) is 24.8 Å². The van der Waals surface area contributed by atoms with Crippen molar-refractivity contribution in [2.45, 2.75) is 6.42 Å². The van der Waals surface area contributed by atoms with E-state index in [4.69, 9.17) is 4.74 Å². The molecular weight excluding hydrogens is 128 g/mol. The summed E-state index contributed by atoms with van der Waals surface area (Å²) in [7, 11) is 0. The Morgan fingerprint density at radius 2 is 2.70 bits per heavy atom. The molecule has 56 valence electrons. The molecule has 0 saturated carbocycles. The molecule has 0 bridgehead atoms. The minimum atomic E-state index is 0.681. The van der Waals surface area contributed by atoms with Crippen LogP contribution < -0.4 is 0 Å². The van der Waals surface area contributed by atoms with Gasteiger partial charge in [-0.3, -0.25) is 5.01 Å². The van der Waals surface area contributed by atoms with Crippen LogP contribution in [0.25, 0.3) is 0 Å². The molecule has 0 aromatic carbocycles. The fourth-order valence-corrected chi connectivity index (χ4v) is 0.849. The predicted octanol–water partition coefficient (Wildman–Crippen LogP) is 0.838. The van der Waals surface area contributed by atoms with Crippen LogP contribution in [0.2, 0.25) is 0 Å². The van der Waals surface area contributed by atoms with Crippen LogP contribution in [0.5, 0.6) is 0 Å². The second kappa shape index (κ2) is 3.93. The van der Waals surface area contributed by atoms with Crippen molar-refractivity contribution in [1.29, 1.82) is 0 Å². The smallest absolute Gasteiger partial charge is 0.106 e. The molecule has 1 rings (SSSR count). The Kier molecular flexibility index (Phi) is 2.80. The van der Waals surface area contributed by atoms with Gasteiger partial charge < -0.3 is 4.74 Å². The van der Waals surface area contributed by atoms with Crippen molar-refractivity contribution in [2.24, 2.45) is 5.10 Å². The highest BCUT2D eigenvalue weighted by atomic mass is 16.5. The largest absolute Gasteiger partial charge is 0.500 e. The fraction of sp³-hybridized carbons (Fsp3) is 0.571. The van der Waals surface area contributed by atoms with Gasteiger partial charge in [0.05, 0.1) is 12.8 Å². The van der Waals surface area contributed by atoms with Crippen molar-refractivity contribution < 1.29 is 4.74 Å². The molecule has 1 aliphatic rings. The number of hydrogen-bond donors (Lipinski definition) is 0. The highest BCUT2D eigenvalue weighted by Crippen LogP contribution is 1.97. The van der Waals surface area contributed by atoms with Crippen LogP contribution in [0.15, 0.2) is 17.9 Å². The summed E-state index contributed by atoms with van der Waals surface area (Å²) in [5, 5.41) is 6.09. The van der Waals surface area contributed by atoms with E-state index in [1.165, 1.54) is 6.26 Å². The number of rotatable bonds is 4. The number of hydrazone groups is 1. The van der Waals surface area contributed by atoms with Crippen LogP contribution >= 0.6 is 0 Å². The van der Waals surface area contributed by atoms with Crippen LogP contribution in [0.4, 0.5) is 0 Å². The first-order valence-corrected chi connectivity index (χ1v) is 3.43. The first-order chi connectivity index (χ1) is 4.93. The van der Waals surface area contributed by atoms with Crippen LogP contribution in [0, 0.1) is 0 Å². The monoisotopic (exact) mass is 140 g/mol. The molecule has 0 amide bonds. The van der Waals surface area contributed by atoms with Gasteiger partial charge in [0.2, 0.25) is 0 Å². The van der Waals surface area contributed by atoms with Crippen molar-refractivity contribution in [1.82, 2.24) is 5.01 Å². The average molecular weight is 140 g/mol. The standard InChI is InChI=1S/C7H12N2O/c1-2-10-7-6-9-5-3-4-8-9/h2,4H,1,3,5-7H2. The van der Waals surface area contributed by atoms with E-state index >= 15 is 0 Å². The number of hydrogen-bond acceptors (Lipinski definition) is 3. The third-order valence-corrected chi connectivity index (χ3v) is 1.35. The van der Waals surface area contributed by atoms with Gasteiger partial charge in [-0.05, 0) is 0 Å². The van der Waals surface area contributed by atoms with Crippen molar-refractivity contribution in [3.8, 4) is 0 Å². The second-order valence-corrected chi connectivity index (χ2v) is 2.08. The quantitative estimate of drug-likeness (QED) is 0.427. The Morgan fingerprint density at radius 1 is 1.80 bits per heavy atom. The maximum absolute atomic E-state index is 4.94. The molecule has 1 aliphatic heterocycles. The van der Waals surface area contributed by atoms with E-state index in [2.05, 4.69) is 11.7 Å². The molecule has 0 aromatic rings. The van der Waals surface area contributed by atoms with Gasteiger partial charge in [0, 0.05) is 19.2 Å². The summed E-state index contributed by atoms with van der Waals surface area (Å²) < 4.78 is 4.94. The van der Waals surface area contributed by atoms with Gasteiger partial charge in [-0.15, -0.1) is 0 Å². The van der Waals surface area contributed by atoms with Gasteiger partial charge in [0.1, 0.15) is 6.61 Å². The Morgan fingerprint density at radius 3 is 3.30 bits per heavy atom. The molecule has 10 heavy (non-hydrogen) atoms. The molecule has 0 radical (unpaired) electrons. The average Bonchev–Trinajstić information content (AvgIpc) is 2.41. The van der Waals surface area contributed by atoms with Gasteiger partial charge in [-0.25, -0.2) is 0 Å². The van der Waals surface area contributed by atoms with E-state index in [9.17, 15) is 0 Å². The first kappa shape index (κ1) is 7.12. The summed E-state index contributed by atoms with van der Waals surface area (Å²) in [4.78, 5) is 0. The summed E-state index contributed by atoms with van der Waals surface area (Å²) in [6, 6.07) is 0. The maximum Gasteiger partial charge on any atom is 0.106 e. The third kappa shape index (κ3) is 2.09. The third-order valence-electron chi connectivity index (χ3n) is 1.35. The molecular formula is C7H12N2O. The molecule has 1 heterocycles. The summed E-state index contributed by atoms with van der Waals surface area (Å²) in [6.45, 7) is 6.02. The van der Waals surface area contributed by atoms with Gasteiger partial charge in [-0.2, -0.15) is 5.10 Å². The van der Waals surface area contributed by atoms with Crippen LogP contribution in [0.3, 0.4) is 0 Å². The van der Waals surface area contributed by atoms with Crippen molar-refractivity contribution in [3.05, 3.63) is 12.8 Å². The lowest BCUT2D eigenvalue weighted by atomic mass is 10.5. The minimum absolute atomic E-state index is 0.681. The lowest BCUT2D eigenvalue weighted by Crippen LogP contribution is -2.18. The van der Waals surface area contributed by atoms with Crippen LogP contribution in [-0.2, 0) is 4.74 Å². The van der Waals surface area contributed by atoms with E-state index in [1.54, 1.807) is 0 Å². The zero-order valence-electron chi connectivity index (χ0n) is 5.99. The minimum Gasteiger partial charge on any atom is -0.500 e. The van der Waals surface area contributed by atoms with Gasteiger partial charge in [0.15, 0.2) is 0 Å². The molecule has 0 N–H and O–H groups in total. The SMILES string of the molecule is C=COCCN1CCC=N1. The lowest BCUT2D eigenvalue weighted by molar-refractivity contribution is 0.191. The second-order valence-electron chi connectivity index (χ2n) is 2.08. The molecule has 0 fully saturated rings. The van der Waals surface area contributed by atoms with E-state index in [1.807, 2.05) is 11.2 Å².